The van der Waals surface area contributed by atoms with Gasteiger partial charge < -0.3 is 0 Å². The van der Waals surface area contributed by atoms with Crippen molar-refractivity contribution in [2.45, 2.75) is 40.0 Å². The first-order chi connectivity index (χ1) is 11.8. The highest BCUT2D eigenvalue weighted by atomic mass is 32.2. The van der Waals surface area contributed by atoms with Gasteiger partial charge in [0.1, 0.15) is 5.03 Å². The zero-order valence-electron chi connectivity index (χ0n) is 14.6. The van der Waals surface area contributed by atoms with E-state index in [1.807, 2.05) is 38.1 Å². The number of anilines is 1. The van der Waals surface area contributed by atoms with Crippen LogP contribution in [0.1, 0.15) is 40.0 Å². The number of thioether (sulfide) groups is 1. The van der Waals surface area contributed by atoms with Crippen LogP contribution in [-0.4, -0.2) is 13.2 Å². The van der Waals surface area contributed by atoms with Crippen LogP contribution in [0, 0.1) is 0 Å². The Morgan fingerprint density at radius 1 is 1.04 bits per heavy atom. The molecule has 6 heteroatoms. The molecule has 1 aliphatic rings. The molecular weight excluding hydrogens is 322 g/mol. The second-order valence-electron chi connectivity index (χ2n) is 5.10. The van der Waals surface area contributed by atoms with Gasteiger partial charge in [-0.3, -0.25) is 0 Å². The van der Waals surface area contributed by atoms with E-state index in [0.29, 0.717) is 13.2 Å². The van der Waals surface area contributed by atoms with Crippen molar-refractivity contribution in [3.63, 3.8) is 0 Å². The predicted molar refractivity (Wildman–Crippen MR) is 100.0 cm³/mol. The lowest BCUT2D eigenvalue weighted by atomic mass is 10.1. The van der Waals surface area contributed by atoms with E-state index in [1.165, 1.54) is 10.8 Å². The van der Waals surface area contributed by atoms with Crippen molar-refractivity contribution >= 4 is 23.1 Å². The summed E-state index contributed by atoms with van der Waals surface area (Å²) in [5, 5.41) is 13.4. The number of hydrogen-bond acceptors (Lipinski definition) is 6. The first-order valence-electron chi connectivity index (χ1n) is 8.39. The van der Waals surface area contributed by atoms with Crippen LogP contribution in [0.2, 0.25) is 0 Å². The van der Waals surface area contributed by atoms with Crippen LogP contribution in [0.15, 0.2) is 56.6 Å². The monoisotopic (exact) mass is 347 g/mol. The fourth-order valence-corrected chi connectivity index (χ4v) is 3.08. The minimum atomic E-state index is 0.542. The molecule has 0 saturated heterocycles. The van der Waals surface area contributed by atoms with Crippen LogP contribution < -0.4 is 5.23 Å². The van der Waals surface area contributed by atoms with Gasteiger partial charge in [-0.2, -0.15) is 5.11 Å². The van der Waals surface area contributed by atoms with Gasteiger partial charge in [0.25, 0.3) is 0 Å². The fraction of sp³-hybridized carbons (Fsp3) is 0.444. The molecule has 0 aliphatic carbocycles. The van der Waals surface area contributed by atoms with Crippen molar-refractivity contribution in [2.24, 2.45) is 10.2 Å². The van der Waals surface area contributed by atoms with Crippen LogP contribution in [0.4, 0.5) is 11.4 Å². The summed E-state index contributed by atoms with van der Waals surface area (Å²) in [4.78, 5) is 10.9. The Balaban J connectivity index is 2.10. The van der Waals surface area contributed by atoms with Gasteiger partial charge in [0.2, 0.25) is 0 Å². The Bertz CT molecular complexity index is 591. The molecular formula is C18H25N3O2S. The van der Waals surface area contributed by atoms with Crippen molar-refractivity contribution in [1.82, 2.24) is 0 Å². The topological polar surface area (TPSA) is 46.4 Å². The standard InChI is InChI=1S/C18H25N3O2S/c1-4-15-9-7-8-14-24-18(15)20-19-16-10-12-17(13-11-16)21(22-5-2)23-6-3/h8,10-14H,4-7,9H2,1-3H3. The van der Waals surface area contributed by atoms with Crippen LogP contribution in [0.5, 0.6) is 0 Å². The molecule has 5 nitrogen and oxygen atoms in total. The zero-order chi connectivity index (χ0) is 17.2. The molecule has 130 valence electrons. The molecule has 0 aromatic heterocycles. The lowest BCUT2D eigenvalue weighted by molar-refractivity contribution is -0.0817. The number of hydrogen-bond donors (Lipinski definition) is 0. The molecule has 24 heavy (non-hydrogen) atoms. The third kappa shape index (κ3) is 5.47. The second kappa shape index (κ2) is 10.3. The fourth-order valence-electron chi connectivity index (χ4n) is 2.22. The summed E-state index contributed by atoms with van der Waals surface area (Å²) in [6.45, 7) is 7.10. The number of allylic oxidation sites excluding steroid dienone is 2. The van der Waals surface area contributed by atoms with Gasteiger partial charge >= 0.3 is 0 Å². The van der Waals surface area contributed by atoms with E-state index in [0.717, 1.165) is 35.7 Å². The molecule has 1 aromatic carbocycles. The number of benzene rings is 1. The van der Waals surface area contributed by atoms with E-state index in [1.54, 1.807) is 11.8 Å². The molecule has 1 heterocycles. The highest BCUT2D eigenvalue weighted by Gasteiger charge is 2.08. The molecule has 0 spiro atoms. The molecule has 0 atom stereocenters. The molecule has 0 fully saturated rings. The summed E-state index contributed by atoms with van der Waals surface area (Å²) in [5.41, 5.74) is 3.01. The van der Waals surface area contributed by atoms with Crippen LogP contribution in [0.3, 0.4) is 0 Å². The van der Waals surface area contributed by atoms with Gasteiger partial charge in [0, 0.05) is 0 Å². The summed E-state index contributed by atoms with van der Waals surface area (Å²) in [6, 6.07) is 7.64. The minimum Gasteiger partial charge on any atom is -0.249 e. The van der Waals surface area contributed by atoms with E-state index in [4.69, 9.17) is 9.68 Å². The van der Waals surface area contributed by atoms with E-state index >= 15 is 0 Å². The van der Waals surface area contributed by atoms with E-state index in [2.05, 4.69) is 28.6 Å². The Morgan fingerprint density at radius 3 is 2.38 bits per heavy atom. The first kappa shape index (κ1) is 18.7. The Hall–Kier alpha value is -1.63. The summed E-state index contributed by atoms with van der Waals surface area (Å²) >= 11 is 1.65. The van der Waals surface area contributed by atoms with Crippen molar-refractivity contribution in [3.05, 3.63) is 46.4 Å². The molecule has 1 aromatic rings. The van der Waals surface area contributed by atoms with Crippen molar-refractivity contribution in [2.75, 3.05) is 18.4 Å². The zero-order valence-corrected chi connectivity index (χ0v) is 15.4. The second-order valence-corrected chi connectivity index (χ2v) is 5.99. The third-order valence-corrected chi connectivity index (χ3v) is 4.35. The van der Waals surface area contributed by atoms with Gasteiger partial charge in [-0.15, -0.1) is 10.3 Å². The summed E-state index contributed by atoms with van der Waals surface area (Å²) in [7, 11) is 0. The van der Waals surface area contributed by atoms with E-state index in [9.17, 15) is 0 Å². The first-order valence-corrected chi connectivity index (χ1v) is 9.27. The third-order valence-electron chi connectivity index (χ3n) is 3.43. The van der Waals surface area contributed by atoms with Crippen LogP contribution in [-0.2, 0) is 9.68 Å². The van der Waals surface area contributed by atoms with Crippen LogP contribution >= 0.6 is 11.8 Å². The number of nitrogens with zero attached hydrogens (tertiary/aromatic N) is 3. The van der Waals surface area contributed by atoms with Crippen molar-refractivity contribution < 1.29 is 9.68 Å². The molecule has 0 saturated carbocycles. The van der Waals surface area contributed by atoms with Gasteiger partial charge in [-0.1, -0.05) is 24.8 Å². The van der Waals surface area contributed by atoms with Gasteiger partial charge in [-0.25, -0.2) is 9.68 Å². The molecule has 0 radical (unpaired) electrons. The average Bonchev–Trinajstić information content (AvgIpc) is 2.85. The van der Waals surface area contributed by atoms with Crippen molar-refractivity contribution in [1.29, 1.82) is 0 Å². The van der Waals surface area contributed by atoms with Gasteiger partial charge in [-0.05, 0) is 68.4 Å². The highest BCUT2D eigenvalue weighted by Crippen LogP contribution is 2.32. The summed E-state index contributed by atoms with van der Waals surface area (Å²) < 4.78 is 0. The molecule has 0 unspecified atom stereocenters. The lowest BCUT2D eigenvalue weighted by Gasteiger charge is -2.21. The maximum atomic E-state index is 5.44. The highest BCUT2D eigenvalue weighted by molar-refractivity contribution is 8.05. The largest absolute Gasteiger partial charge is 0.249 e. The van der Waals surface area contributed by atoms with Gasteiger partial charge in [0.15, 0.2) is 0 Å². The Labute approximate surface area is 148 Å². The molecule has 0 bridgehead atoms. The molecule has 2 rings (SSSR count). The van der Waals surface area contributed by atoms with Crippen LogP contribution in [0.25, 0.3) is 0 Å². The number of rotatable bonds is 8. The molecule has 0 amide bonds. The smallest absolute Gasteiger partial charge is 0.122 e. The maximum Gasteiger partial charge on any atom is 0.122 e. The normalized spacial score (nSPS) is 15.1. The Kier molecular flexibility index (Phi) is 8.01. The summed E-state index contributed by atoms with van der Waals surface area (Å²) in [5.74, 6) is 0. The average molecular weight is 347 g/mol. The summed E-state index contributed by atoms with van der Waals surface area (Å²) in [6.07, 6.45) is 5.34. The minimum absolute atomic E-state index is 0.542. The maximum absolute atomic E-state index is 5.44. The van der Waals surface area contributed by atoms with E-state index in [-0.39, 0.29) is 0 Å². The SMILES string of the molecule is CCON(OCC)c1ccc(N=NC2=C(CC)CCC=CS2)cc1. The van der Waals surface area contributed by atoms with Crippen molar-refractivity contribution in [3.8, 4) is 0 Å². The van der Waals surface area contributed by atoms with Gasteiger partial charge in [0.05, 0.1) is 24.6 Å². The Morgan fingerprint density at radius 2 is 1.75 bits per heavy atom. The molecule has 0 N–H and O–H groups in total. The lowest BCUT2D eigenvalue weighted by Crippen LogP contribution is -2.23. The quantitative estimate of drug-likeness (QED) is 0.418. The molecule has 1 aliphatic heterocycles. The number of azo groups is 1. The predicted octanol–water partition coefficient (Wildman–Crippen LogP) is 6.14. The van der Waals surface area contributed by atoms with E-state index < -0.39 is 0 Å².